The summed E-state index contributed by atoms with van der Waals surface area (Å²) in [5, 5.41) is 12.2. The molecule has 0 aliphatic rings. The average molecular weight is 229 g/mol. The molecule has 0 amide bonds. The molecule has 0 saturated heterocycles. The van der Waals surface area contributed by atoms with Crippen LogP contribution in [-0.2, 0) is 13.2 Å². The van der Waals surface area contributed by atoms with Crippen molar-refractivity contribution in [3.8, 4) is 0 Å². The van der Waals surface area contributed by atoms with Crippen molar-refractivity contribution in [2.45, 2.75) is 20.1 Å². The zero-order valence-corrected chi connectivity index (χ0v) is 9.72. The van der Waals surface area contributed by atoms with Gasteiger partial charge in [-0.15, -0.1) is 0 Å². The van der Waals surface area contributed by atoms with E-state index in [1.807, 2.05) is 31.2 Å². The fourth-order valence-corrected chi connectivity index (χ4v) is 1.53. The van der Waals surface area contributed by atoms with Gasteiger partial charge in [-0.2, -0.15) is 0 Å². The number of hydrogen-bond donors (Lipinski definition) is 2. The third-order valence-electron chi connectivity index (χ3n) is 2.55. The number of nitrogens with zero attached hydrogens (tertiary/aromatic N) is 2. The van der Waals surface area contributed by atoms with E-state index in [9.17, 15) is 0 Å². The molecule has 0 spiro atoms. The predicted octanol–water partition coefficient (Wildman–Crippen LogP) is 1.89. The van der Waals surface area contributed by atoms with Gasteiger partial charge in [0.05, 0.1) is 12.3 Å². The maximum absolute atomic E-state index is 8.94. The van der Waals surface area contributed by atoms with E-state index in [4.69, 9.17) is 5.11 Å². The van der Waals surface area contributed by atoms with Gasteiger partial charge in [0.15, 0.2) is 0 Å². The number of aryl methyl sites for hydroxylation is 1. The van der Waals surface area contributed by atoms with E-state index in [0.717, 1.165) is 22.6 Å². The molecule has 0 fully saturated rings. The van der Waals surface area contributed by atoms with Gasteiger partial charge in [-0.25, -0.2) is 4.98 Å². The molecule has 88 valence electrons. The minimum absolute atomic E-state index is 0.0803. The van der Waals surface area contributed by atoms with Crippen LogP contribution in [0.5, 0.6) is 0 Å². The highest BCUT2D eigenvalue weighted by Crippen LogP contribution is 2.10. The Morgan fingerprint density at radius 2 is 1.71 bits per heavy atom. The Morgan fingerprint density at radius 1 is 1.06 bits per heavy atom. The molecule has 2 aromatic rings. The smallest absolute Gasteiger partial charge is 0.147 e. The fraction of sp³-hybridized carbons (Fsp3) is 0.231. The zero-order valence-electron chi connectivity index (χ0n) is 9.72. The lowest BCUT2D eigenvalue weighted by Gasteiger charge is -2.07. The first-order valence-electron chi connectivity index (χ1n) is 5.50. The molecule has 4 nitrogen and oxygen atoms in total. The Kier molecular flexibility index (Phi) is 3.67. The van der Waals surface area contributed by atoms with Crippen molar-refractivity contribution in [3.05, 3.63) is 53.5 Å². The van der Waals surface area contributed by atoms with Gasteiger partial charge in [0.1, 0.15) is 5.82 Å². The second kappa shape index (κ2) is 5.41. The van der Waals surface area contributed by atoms with Crippen LogP contribution >= 0.6 is 0 Å². The Balaban J connectivity index is 2.00. The molecule has 0 aliphatic heterocycles. The number of anilines is 1. The lowest BCUT2D eigenvalue weighted by molar-refractivity contribution is 0.282. The van der Waals surface area contributed by atoms with Gasteiger partial charge in [0.25, 0.3) is 0 Å². The number of rotatable bonds is 4. The molecular formula is C13H15N3O. The molecule has 0 atom stereocenters. The summed E-state index contributed by atoms with van der Waals surface area (Å²) in [6.07, 6.45) is 3.35. The molecule has 2 rings (SSSR count). The lowest BCUT2D eigenvalue weighted by atomic mass is 10.1. The quantitative estimate of drug-likeness (QED) is 0.840. The van der Waals surface area contributed by atoms with Gasteiger partial charge in [0.2, 0.25) is 0 Å². The summed E-state index contributed by atoms with van der Waals surface area (Å²) in [7, 11) is 0. The maximum atomic E-state index is 8.94. The number of benzene rings is 1. The molecule has 1 aromatic heterocycles. The van der Waals surface area contributed by atoms with Crippen molar-refractivity contribution in [1.82, 2.24) is 9.97 Å². The normalized spacial score (nSPS) is 10.2. The van der Waals surface area contributed by atoms with Crippen LogP contribution in [0.2, 0.25) is 0 Å². The first-order valence-corrected chi connectivity index (χ1v) is 5.50. The van der Waals surface area contributed by atoms with E-state index in [2.05, 4.69) is 15.3 Å². The van der Waals surface area contributed by atoms with Crippen LogP contribution in [0.4, 0.5) is 5.82 Å². The fourth-order valence-electron chi connectivity index (χ4n) is 1.53. The molecule has 0 bridgehead atoms. The number of nitrogens with one attached hydrogen (secondary N) is 1. The molecule has 0 radical (unpaired) electrons. The molecular weight excluding hydrogens is 214 g/mol. The largest absolute Gasteiger partial charge is 0.392 e. The molecule has 17 heavy (non-hydrogen) atoms. The highest BCUT2D eigenvalue weighted by Gasteiger charge is 1.99. The first-order chi connectivity index (χ1) is 8.29. The third kappa shape index (κ3) is 3.01. The van der Waals surface area contributed by atoms with Crippen LogP contribution in [0.15, 0.2) is 36.7 Å². The van der Waals surface area contributed by atoms with E-state index >= 15 is 0 Å². The van der Waals surface area contributed by atoms with Gasteiger partial charge in [-0.05, 0) is 18.1 Å². The molecule has 1 heterocycles. The third-order valence-corrected chi connectivity index (χ3v) is 2.55. The number of aliphatic hydroxyl groups is 1. The summed E-state index contributed by atoms with van der Waals surface area (Å²) >= 11 is 0. The van der Waals surface area contributed by atoms with Crippen LogP contribution in [0.1, 0.15) is 16.8 Å². The zero-order chi connectivity index (χ0) is 12.1. The number of aliphatic hydroxyl groups excluding tert-OH is 1. The van der Waals surface area contributed by atoms with Crippen molar-refractivity contribution in [1.29, 1.82) is 0 Å². The average Bonchev–Trinajstić information content (AvgIpc) is 2.38. The summed E-state index contributed by atoms with van der Waals surface area (Å²) in [5.74, 6) is 0.804. The highest BCUT2D eigenvalue weighted by molar-refractivity contribution is 5.39. The van der Waals surface area contributed by atoms with E-state index in [0.29, 0.717) is 6.54 Å². The van der Waals surface area contributed by atoms with Crippen LogP contribution in [0.25, 0.3) is 0 Å². The Bertz CT molecular complexity index is 482. The van der Waals surface area contributed by atoms with E-state index < -0.39 is 0 Å². The Labute approximate surface area is 100 Å². The van der Waals surface area contributed by atoms with Gasteiger partial charge in [-0.3, -0.25) is 4.98 Å². The van der Waals surface area contributed by atoms with Crippen LogP contribution in [0, 0.1) is 6.92 Å². The Hall–Kier alpha value is -1.94. The second-order valence-corrected chi connectivity index (χ2v) is 3.82. The predicted molar refractivity (Wildman–Crippen MR) is 66.5 cm³/mol. The Morgan fingerprint density at radius 3 is 2.35 bits per heavy atom. The molecule has 0 saturated carbocycles. The summed E-state index contributed by atoms with van der Waals surface area (Å²) in [6, 6.07) is 7.82. The lowest BCUT2D eigenvalue weighted by Crippen LogP contribution is -2.04. The summed E-state index contributed by atoms with van der Waals surface area (Å²) in [5.41, 5.74) is 2.95. The highest BCUT2D eigenvalue weighted by atomic mass is 16.3. The van der Waals surface area contributed by atoms with Crippen molar-refractivity contribution in [2.24, 2.45) is 0 Å². The summed E-state index contributed by atoms with van der Waals surface area (Å²) in [6.45, 7) is 2.70. The minimum atomic E-state index is 0.0803. The monoisotopic (exact) mass is 229 g/mol. The summed E-state index contributed by atoms with van der Waals surface area (Å²) in [4.78, 5) is 8.37. The minimum Gasteiger partial charge on any atom is -0.392 e. The van der Waals surface area contributed by atoms with Crippen LogP contribution < -0.4 is 5.32 Å². The van der Waals surface area contributed by atoms with E-state index in [1.54, 1.807) is 12.4 Å². The van der Waals surface area contributed by atoms with Crippen LogP contribution in [0.3, 0.4) is 0 Å². The van der Waals surface area contributed by atoms with Gasteiger partial charge in [0, 0.05) is 18.9 Å². The summed E-state index contributed by atoms with van der Waals surface area (Å²) < 4.78 is 0. The number of aromatic nitrogens is 2. The SMILES string of the molecule is Cc1nccnc1NCc1ccc(CO)cc1. The topological polar surface area (TPSA) is 58.0 Å². The molecule has 4 heteroatoms. The van der Waals surface area contributed by atoms with Crippen molar-refractivity contribution < 1.29 is 5.11 Å². The standard InChI is InChI=1S/C13H15N3O/c1-10-13(15-7-6-14-10)16-8-11-2-4-12(9-17)5-3-11/h2-7,17H,8-9H2,1H3,(H,15,16). The molecule has 2 N–H and O–H groups in total. The van der Waals surface area contributed by atoms with Crippen molar-refractivity contribution in [3.63, 3.8) is 0 Å². The molecule has 1 aromatic carbocycles. The number of hydrogen-bond acceptors (Lipinski definition) is 4. The van der Waals surface area contributed by atoms with E-state index in [-0.39, 0.29) is 6.61 Å². The maximum Gasteiger partial charge on any atom is 0.147 e. The molecule has 0 unspecified atom stereocenters. The van der Waals surface area contributed by atoms with Crippen LogP contribution in [-0.4, -0.2) is 15.1 Å². The van der Waals surface area contributed by atoms with Gasteiger partial charge < -0.3 is 10.4 Å². The van der Waals surface area contributed by atoms with Crippen molar-refractivity contribution >= 4 is 5.82 Å². The van der Waals surface area contributed by atoms with Gasteiger partial charge >= 0.3 is 0 Å². The van der Waals surface area contributed by atoms with Crippen molar-refractivity contribution in [2.75, 3.05) is 5.32 Å². The second-order valence-electron chi connectivity index (χ2n) is 3.82. The first kappa shape index (κ1) is 11.5. The van der Waals surface area contributed by atoms with E-state index in [1.165, 1.54) is 0 Å². The van der Waals surface area contributed by atoms with Gasteiger partial charge in [-0.1, -0.05) is 24.3 Å². The molecule has 0 aliphatic carbocycles.